The maximum atomic E-state index is 12.2. The zero-order chi connectivity index (χ0) is 20.8. The maximum Gasteiger partial charge on any atom is 0.250 e. The van der Waals surface area contributed by atoms with Crippen molar-refractivity contribution in [2.75, 3.05) is 5.75 Å². The standard InChI is InChI=1S/C21H16BrN5OS2/c22-16-11-18(29-13-16)12-23-24-19(28)14-30-21-26-25-20(15-7-3-1-4-8-15)27(21)17-9-5-2-6-10-17/h1-13H,14H2,(H,24,28)/b23-12+. The zero-order valence-electron chi connectivity index (χ0n) is 15.6. The van der Waals surface area contributed by atoms with Crippen LogP contribution in [0, 0.1) is 0 Å². The van der Waals surface area contributed by atoms with Crippen LogP contribution >= 0.6 is 39.0 Å². The Labute approximate surface area is 190 Å². The van der Waals surface area contributed by atoms with Crippen molar-refractivity contribution in [3.05, 3.63) is 81.5 Å². The maximum absolute atomic E-state index is 12.2. The van der Waals surface area contributed by atoms with Crippen molar-refractivity contribution in [3.8, 4) is 17.1 Å². The van der Waals surface area contributed by atoms with Crippen LogP contribution in [0.3, 0.4) is 0 Å². The second-order valence-corrected chi connectivity index (χ2v) is 8.89. The van der Waals surface area contributed by atoms with Crippen LogP contribution in [0.5, 0.6) is 0 Å². The fraction of sp³-hybridized carbons (Fsp3) is 0.0476. The lowest BCUT2D eigenvalue weighted by molar-refractivity contribution is -0.118. The lowest BCUT2D eigenvalue weighted by Crippen LogP contribution is -2.19. The Balaban J connectivity index is 1.49. The van der Waals surface area contributed by atoms with Gasteiger partial charge in [-0.1, -0.05) is 60.3 Å². The van der Waals surface area contributed by atoms with Crippen molar-refractivity contribution >= 4 is 51.2 Å². The van der Waals surface area contributed by atoms with Gasteiger partial charge in [0.05, 0.1) is 12.0 Å². The molecule has 0 atom stereocenters. The van der Waals surface area contributed by atoms with E-state index in [1.165, 1.54) is 23.1 Å². The van der Waals surface area contributed by atoms with Crippen LogP contribution in [0.25, 0.3) is 17.1 Å². The van der Waals surface area contributed by atoms with E-state index in [-0.39, 0.29) is 11.7 Å². The van der Waals surface area contributed by atoms with E-state index in [0.29, 0.717) is 5.16 Å². The molecule has 4 aromatic rings. The number of hydrogen-bond donors (Lipinski definition) is 1. The summed E-state index contributed by atoms with van der Waals surface area (Å²) in [4.78, 5) is 13.2. The van der Waals surface area contributed by atoms with Crippen LogP contribution in [-0.4, -0.2) is 32.6 Å². The number of halogens is 1. The number of carbonyl (C=O) groups excluding carboxylic acids is 1. The molecule has 0 aliphatic rings. The van der Waals surface area contributed by atoms with Crippen molar-refractivity contribution < 1.29 is 4.79 Å². The molecule has 1 amide bonds. The van der Waals surface area contributed by atoms with E-state index >= 15 is 0 Å². The normalized spacial score (nSPS) is 11.1. The molecule has 30 heavy (non-hydrogen) atoms. The van der Waals surface area contributed by atoms with Crippen LogP contribution in [0.15, 0.2) is 86.8 Å². The van der Waals surface area contributed by atoms with Crippen molar-refractivity contribution in [2.45, 2.75) is 5.16 Å². The van der Waals surface area contributed by atoms with Gasteiger partial charge in [-0.05, 0) is 34.1 Å². The summed E-state index contributed by atoms with van der Waals surface area (Å²) in [5.74, 6) is 0.687. The summed E-state index contributed by atoms with van der Waals surface area (Å²) in [6.45, 7) is 0. The SMILES string of the molecule is O=C(CSc1nnc(-c2ccccc2)n1-c1ccccc1)N/N=C/c1cc(Br)cs1. The van der Waals surface area contributed by atoms with Gasteiger partial charge in [-0.15, -0.1) is 21.5 Å². The number of thioether (sulfide) groups is 1. The number of hydrogen-bond acceptors (Lipinski definition) is 6. The first kappa shape index (κ1) is 20.5. The van der Waals surface area contributed by atoms with Gasteiger partial charge in [-0.3, -0.25) is 9.36 Å². The van der Waals surface area contributed by atoms with Crippen LogP contribution in [0.1, 0.15) is 4.88 Å². The lowest BCUT2D eigenvalue weighted by atomic mass is 10.2. The molecule has 0 fully saturated rings. The van der Waals surface area contributed by atoms with E-state index in [2.05, 4.69) is 36.7 Å². The van der Waals surface area contributed by atoms with Gasteiger partial charge in [-0.25, -0.2) is 5.43 Å². The van der Waals surface area contributed by atoms with Gasteiger partial charge >= 0.3 is 0 Å². The number of aromatic nitrogens is 3. The quantitative estimate of drug-likeness (QED) is 0.221. The molecule has 2 aromatic carbocycles. The number of para-hydroxylation sites is 1. The minimum Gasteiger partial charge on any atom is -0.272 e. The Bertz CT molecular complexity index is 1160. The Morgan fingerprint density at radius 1 is 1.13 bits per heavy atom. The van der Waals surface area contributed by atoms with Crippen LogP contribution in [0.2, 0.25) is 0 Å². The smallest absolute Gasteiger partial charge is 0.250 e. The Hall–Kier alpha value is -2.75. The van der Waals surface area contributed by atoms with Crippen LogP contribution in [0.4, 0.5) is 0 Å². The van der Waals surface area contributed by atoms with E-state index in [1.54, 1.807) is 6.21 Å². The first-order chi connectivity index (χ1) is 14.7. The molecule has 0 radical (unpaired) electrons. The van der Waals surface area contributed by atoms with Crippen molar-refractivity contribution in [3.63, 3.8) is 0 Å². The number of nitrogens with zero attached hydrogens (tertiary/aromatic N) is 4. The fourth-order valence-corrected chi connectivity index (χ4v) is 4.72. The van der Waals surface area contributed by atoms with Gasteiger partial charge < -0.3 is 0 Å². The highest BCUT2D eigenvalue weighted by atomic mass is 79.9. The minimum absolute atomic E-state index is 0.172. The number of thiophene rings is 1. The Morgan fingerprint density at radius 3 is 2.57 bits per heavy atom. The first-order valence-electron chi connectivity index (χ1n) is 8.96. The van der Waals surface area contributed by atoms with Gasteiger partial charge in [0.15, 0.2) is 11.0 Å². The van der Waals surface area contributed by atoms with Crippen LogP contribution < -0.4 is 5.43 Å². The molecule has 2 heterocycles. The van der Waals surface area contributed by atoms with Gasteiger partial charge in [0, 0.05) is 26.0 Å². The average Bonchev–Trinajstić information content (AvgIpc) is 3.39. The summed E-state index contributed by atoms with van der Waals surface area (Å²) in [5, 5.41) is 15.3. The molecule has 6 nitrogen and oxygen atoms in total. The van der Waals surface area contributed by atoms with Gasteiger partial charge in [-0.2, -0.15) is 5.10 Å². The molecule has 2 aromatic heterocycles. The Kier molecular flexibility index (Phi) is 6.73. The number of rotatable bonds is 7. The summed E-state index contributed by atoms with van der Waals surface area (Å²) < 4.78 is 2.95. The summed E-state index contributed by atoms with van der Waals surface area (Å²) in [6, 6.07) is 21.7. The van der Waals surface area contributed by atoms with E-state index in [9.17, 15) is 4.79 Å². The molecule has 9 heteroatoms. The molecule has 0 aliphatic heterocycles. The number of amides is 1. The predicted molar refractivity (Wildman–Crippen MR) is 125 cm³/mol. The lowest BCUT2D eigenvalue weighted by Gasteiger charge is -2.10. The van der Waals surface area contributed by atoms with E-state index in [0.717, 1.165) is 26.4 Å². The molecule has 4 rings (SSSR count). The van der Waals surface area contributed by atoms with Crippen molar-refractivity contribution in [1.29, 1.82) is 0 Å². The summed E-state index contributed by atoms with van der Waals surface area (Å²) in [7, 11) is 0. The first-order valence-corrected chi connectivity index (χ1v) is 11.6. The zero-order valence-corrected chi connectivity index (χ0v) is 18.8. The number of benzene rings is 2. The molecular formula is C21H16BrN5OS2. The molecule has 1 N–H and O–H groups in total. The highest BCUT2D eigenvalue weighted by Gasteiger charge is 2.16. The highest BCUT2D eigenvalue weighted by molar-refractivity contribution is 9.10. The number of carbonyl (C=O) groups is 1. The minimum atomic E-state index is -0.212. The van der Waals surface area contributed by atoms with Gasteiger partial charge in [0.2, 0.25) is 0 Å². The van der Waals surface area contributed by atoms with Crippen molar-refractivity contribution in [2.24, 2.45) is 5.10 Å². The monoisotopic (exact) mass is 497 g/mol. The summed E-state index contributed by atoms with van der Waals surface area (Å²) in [6.07, 6.45) is 1.62. The predicted octanol–water partition coefficient (Wildman–Crippen LogP) is 5.00. The molecule has 0 spiro atoms. The third-order valence-corrected chi connectivity index (χ3v) is 6.54. The van der Waals surface area contributed by atoms with E-state index < -0.39 is 0 Å². The van der Waals surface area contributed by atoms with Crippen LogP contribution in [-0.2, 0) is 4.79 Å². The molecule has 0 saturated carbocycles. The second kappa shape index (κ2) is 9.84. The summed E-state index contributed by atoms with van der Waals surface area (Å²) >= 11 is 6.24. The van der Waals surface area contributed by atoms with E-state index in [4.69, 9.17) is 0 Å². The number of hydrazone groups is 1. The molecule has 0 unspecified atom stereocenters. The van der Waals surface area contributed by atoms with Gasteiger partial charge in [0.25, 0.3) is 5.91 Å². The van der Waals surface area contributed by atoms with Crippen molar-refractivity contribution in [1.82, 2.24) is 20.2 Å². The largest absolute Gasteiger partial charge is 0.272 e. The topological polar surface area (TPSA) is 72.2 Å². The van der Waals surface area contributed by atoms with Gasteiger partial charge in [0.1, 0.15) is 0 Å². The number of nitrogens with one attached hydrogen (secondary N) is 1. The molecule has 0 bridgehead atoms. The average molecular weight is 498 g/mol. The highest BCUT2D eigenvalue weighted by Crippen LogP contribution is 2.27. The third-order valence-electron chi connectivity index (χ3n) is 3.98. The molecule has 0 aliphatic carbocycles. The summed E-state index contributed by atoms with van der Waals surface area (Å²) in [5.41, 5.74) is 4.44. The third kappa shape index (κ3) is 5.05. The molecule has 150 valence electrons. The fourth-order valence-electron chi connectivity index (χ4n) is 2.67. The second-order valence-electron chi connectivity index (χ2n) is 6.09. The molecule has 0 saturated heterocycles. The van der Waals surface area contributed by atoms with E-state index in [1.807, 2.05) is 76.7 Å². The Morgan fingerprint density at radius 2 is 1.87 bits per heavy atom. The molecular weight excluding hydrogens is 482 g/mol.